The zero-order valence-corrected chi connectivity index (χ0v) is 12.3. The van der Waals surface area contributed by atoms with Gasteiger partial charge >= 0.3 is 0 Å². The van der Waals surface area contributed by atoms with Crippen molar-refractivity contribution in [1.29, 1.82) is 0 Å². The first-order chi connectivity index (χ1) is 9.15. The highest BCUT2D eigenvalue weighted by Gasteiger charge is 2.22. The minimum Gasteiger partial charge on any atom is -0.338 e. The van der Waals surface area contributed by atoms with Crippen molar-refractivity contribution in [2.75, 3.05) is 18.0 Å². The van der Waals surface area contributed by atoms with Crippen molar-refractivity contribution in [3.05, 3.63) is 28.2 Å². The molecule has 1 aromatic carbocycles. The molecule has 1 aromatic heterocycles. The largest absolute Gasteiger partial charge is 0.338 e. The highest BCUT2D eigenvalue weighted by Crippen LogP contribution is 2.27. The fourth-order valence-electron chi connectivity index (χ4n) is 2.35. The Kier molecular flexibility index (Phi) is 3.28. The van der Waals surface area contributed by atoms with Crippen LogP contribution in [0, 0.1) is 6.92 Å². The molecule has 2 aromatic rings. The number of hydrogen-bond acceptors (Lipinski definition) is 4. The lowest BCUT2D eigenvalue weighted by molar-refractivity contribution is 0.750. The Bertz CT molecular complexity index is 594. The molecule has 3 N–H and O–H groups in total. The molecule has 1 aliphatic rings. The summed E-state index contributed by atoms with van der Waals surface area (Å²) >= 11 is 3.54. The molecule has 1 fully saturated rings. The topological polar surface area (TPSA) is 70.8 Å². The van der Waals surface area contributed by atoms with E-state index < -0.39 is 0 Å². The minimum absolute atomic E-state index is 0.231. The molecular formula is C13H16BrN5. The Labute approximate surface area is 120 Å². The average molecular weight is 322 g/mol. The van der Waals surface area contributed by atoms with Crippen LogP contribution in [0.15, 0.2) is 22.7 Å². The maximum absolute atomic E-state index is 5.91. The van der Waals surface area contributed by atoms with Crippen LogP contribution in [-0.2, 0) is 0 Å². The highest BCUT2D eigenvalue weighted by molar-refractivity contribution is 9.10. The third-order valence-electron chi connectivity index (χ3n) is 3.50. The number of anilines is 1. The Balaban J connectivity index is 1.91. The van der Waals surface area contributed by atoms with Gasteiger partial charge in [-0.15, -0.1) is 5.10 Å². The van der Waals surface area contributed by atoms with E-state index in [0.717, 1.165) is 46.9 Å². The fraction of sp³-hybridized carbons (Fsp3) is 0.385. The molecule has 5 nitrogen and oxygen atoms in total. The van der Waals surface area contributed by atoms with Gasteiger partial charge in [-0.05, 0) is 25.0 Å². The number of benzene rings is 1. The zero-order chi connectivity index (χ0) is 13.4. The van der Waals surface area contributed by atoms with Crippen LogP contribution in [0.1, 0.15) is 12.0 Å². The van der Waals surface area contributed by atoms with Gasteiger partial charge in [0.15, 0.2) is 5.82 Å². The molecular weight excluding hydrogens is 306 g/mol. The molecule has 0 amide bonds. The standard InChI is InChI=1S/C13H16BrN5/c1-8-10(3-2-4-11(8)14)12-16-13(18-17-12)19-6-5-9(15)7-19/h2-4,9H,5-7,15H2,1H3,(H,16,17,18). The number of halogens is 1. The Hall–Kier alpha value is -1.40. The first-order valence-corrected chi connectivity index (χ1v) is 7.13. The second-order valence-corrected chi connectivity index (χ2v) is 5.75. The van der Waals surface area contributed by atoms with E-state index in [1.165, 1.54) is 0 Å². The van der Waals surface area contributed by atoms with E-state index in [9.17, 15) is 0 Å². The Morgan fingerprint density at radius 2 is 2.32 bits per heavy atom. The van der Waals surface area contributed by atoms with E-state index in [1.807, 2.05) is 18.2 Å². The van der Waals surface area contributed by atoms with E-state index in [-0.39, 0.29) is 6.04 Å². The summed E-state index contributed by atoms with van der Waals surface area (Å²) in [5.74, 6) is 1.54. The predicted molar refractivity (Wildman–Crippen MR) is 79.1 cm³/mol. The molecule has 19 heavy (non-hydrogen) atoms. The molecule has 0 bridgehead atoms. The second-order valence-electron chi connectivity index (χ2n) is 4.89. The first kappa shape index (κ1) is 12.6. The summed E-state index contributed by atoms with van der Waals surface area (Å²) in [5.41, 5.74) is 8.13. The summed E-state index contributed by atoms with van der Waals surface area (Å²) in [5, 5.41) is 7.32. The second kappa shape index (κ2) is 4.94. The minimum atomic E-state index is 0.231. The molecule has 0 aliphatic carbocycles. The van der Waals surface area contributed by atoms with Gasteiger partial charge in [0, 0.05) is 29.2 Å². The van der Waals surface area contributed by atoms with Gasteiger partial charge in [0.2, 0.25) is 5.95 Å². The van der Waals surface area contributed by atoms with Gasteiger partial charge in [-0.2, -0.15) is 4.98 Å². The van der Waals surface area contributed by atoms with Gasteiger partial charge in [0.1, 0.15) is 0 Å². The smallest absolute Gasteiger partial charge is 0.245 e. The Morgan fingerprint density at radius 3 is 3.05 bits per heavy atom. The van der Waals surface area contributed by atoms with Gasteiger partial charge in [-0.3, -0.25) is 5.10 Å². The van der Waals surface area contributed by atoms with Gasteiger partial charge in [-0.1, -0.05) is 28.1 Å². The SMILES string of the molecule is Cc1c(Br)cccc1-c1nc(N2CCC(N)C2)n[nH]1. The van der Waals surface area contributed by atoms with Crippen LogP contribution in [0.25, 0.3) is 11.4 Å². The fourth-order valence-corrected chi connectivity index (χ4v) is 2.71. The summed E-state index contributed by atoms with van der Waals surface area (Å²) in [6, 6.07) is 6.30. The third kappa shape index (κ3) is 2.37. The van der Waals surface area contributed by atoms with E-state index in [0.29, 0.717) is 0 Å². The van der Waals surface area contributed by atoms with E-state index >= 15 is 0 Å². The normalized spacial score (nSPS) is 19.1. The van der Waals surface area contributed by atoms with Crippen LogP contribution in [-0.4, -0.2) is 34.3 Å². The van der Waals surface area contributed by atoms with Crippen molar-refractivity contribution >= 4 is 21.9 Å². The summed E-state index contributed by atoms with van der Waals surface area (Å²) in [6.45, 7) is 3.82. The highest BCUT2D eigenvalue weighted by atomic mass is 79.9. The maximum atomic E-state index is 5.91. The molecule has 1 saturated heterocycles. The summed E-state index contributed by atoms with van der Waals surface area (Å²) in [4.78, 5) is 6.70. The van der Waals surface area contributed by atoms with Crippen LogP contribution in [0.3, 0.4) is 0 Å². The van der Waals surface area contributed by atoms with Crippen LogP contribution in [0.4, 0.5) is 5.95 Å². The Morgan fingerprint density at radius 1 is 1.47 bits per heavy atom. The number of nitrogens with one attached hydrogen (secondary N) is 1. The van der Waals surface area contributed by atoms with Crippen LogP contribution < -0.4 is 10.6 Å². The molecule has 1 unspecified atom stereocenters. The zero-order valence-electron chi connectivity index (χ0n) is 10.7. The number of aromatic amines is 1. The number of nitrogens with two attached hydrogens (primary N) is 1. The maximum Gasteiger partial charge on any atom is 0.245 e. The van der Waals surface area contributed by atoms with Crippen LogP contribution in [0.2, 0.25) is 0 Å². The number of H-pyrrole nitrogens is 1. The lowest BCUT2D eigenvalue weighted by Gasteiger charge is -2.11. The molecule has 6 heteroatoms. The lowest BCUT2D eigenvalue weighted by atomic mass is 10.1. The van der Waals surface area contributed by atoms with Crippen molar-refractivity contribution in [3.8, 4) is 11.4 Å². The molecule has 2 heterocycles. The molecule has 0 radical (unpaired) electrons. The number of aromatic nitrogens is 3. The van der Waals surface area contributed by atoms with Crippen molar-refractivity contribution in [2.24, 2.45) is 5.73 Å². The number of nitrogens with zero attached hydrogens (tertiary/aromatic N) is 3. The monoisotopic (exact) mass is 321 g/mol. The molecule has 1 atom stereocenters. The molecule has 3 rings (SSSR count). The molecule has 0 spiro atoms. The van der Waals surface area contributed by atoms with E-state index in [2.05, 4.69) is 42.9 Å². The third-order valence-corrected chi connectivity index (χ3v) is 4.36. The van der Waals surface area contributed by atoms with Crippen molar-refractivity contribution in [3.63, 3.8) is 0 Å². The van der Waals surface area contributed by atoms with E-state index in [4.69, 9.17) is 5.73 Å². The summed E-state index contributed by atoms with van der Waals surface area (Å²) < 4.78 is 1.08. The predicted octanol–water partition coefficient (Wildman–Crippen LogP) is 2.08. The molecule has 0 saturated carbocycles. The van der Waals surface area contributed by atoms with Gasteiger partial charge in [0.05, 0.1) is 0 Å². The first-order valence-electron chi connectivity index (χ1n) is 6.33. The van der Waals surface area contributed by atoms with Gasteiger partial charge < -0.3 is 10.6 Å². The number of rotatable bonds is 2. The van der Waals surface area contributed by atoms with Gasteiger partial charge in [-0.25, -0.2) is 0 Å². The van der Waals surface area contributed by atoms with E-state index in [1.54, 1.807) is 0 Å². The summed E-state index contributed by atoms with van der Waals surface area (Å²) in [6.07, 6.45) is 1.000. The quantitative estimate of drug-likeness (QED) is 0.888. The van der Waals surface area contributed by atoms with Crippen molar-refractivity contribution in [1.82, 2.24) is 15.2 Å². The van der Waals surface area contributed by atoms with Crippen molar-refractivity contribution in [2.45, 2.75) is 19.4 Å². The molecule has 100 valence electrons. The average Bonchev–Trinajstić information content (AvgIpc) is 3.01. The number of hydrogen-bond donors (Lipinski definition) is 2. The van der Waals surface area contributed by atoms with Crippen LogP contribution >= 0.6 is 15.9 Å². The van der Waals surface area contributed by atoms with Crippen LogP contribution in [0.5, 0.6) is 0 Å². The lowest BCUT2D eigenvalue weighted by Crippen LogP contribution is -2.26. The molecule has 1 aliphatic heterocycles. The summed E-state index contributed by atoms with van der Waals surface area (Å²) in [7, 11) is 0. The van der Waals surface area contributed by atoms with Crippen molar-refractivity contribution < 1.29 is 0 Å². The van der Waals surface area contributed by atoms with Gasteiger partial charge in [0.25, 0.3) is 0 Å².